The molecule has 0 aliphatic carbocycles. The average molecular weight is 409 g/mol. The number of pyridine rings is 2. The Bertz CT molecular complexity index is 986. The molecular formula is C21H23N5O4. The van der Waals surface area contributed by atoms with Gasteiger partial charge in [0.05, 0.1) is 12.2 Å². The molecule has 3 heterocycles. The predicted octanol–water partition coefficient (Wildman–Crippen LogP) is 2.22. The van der Waals surface area contributed by atoms with Gasteiger partial charge in [0.15, 0.2) is 6.29 Å². The van der Waals surface area contributed by atoms with Gasteiger partial charge in [-0.2, -0.15) is 5.26 Å². The lowest BCUT2D eigenvalue weighted by Crippen LogP contribution is -2.40. The molecule has 30 heavy (non-hydrogen) atoms. The van der Waals surface area contributed by atoms with Gasteiger partial charge in [-0.05, 0) is 48.9 Å². The van der Waals surface area contributed by atoms with Crippen LogP contribution in [0.2, 0.25) is 0 Å². The standard InChI is InChI=1S/C21H23N5O4/c1-30-7-3-5-14-9-19(23-11-17(14)10-22)25-21(29)26-6-2-4-15-8-16(12-27)18(13-28)24-20(15)26/h8-9,11,13,27H,2-7,12H2,1H3,(H,23,25,29). The van der Waals surface area contributed by atoms with Crippen LogP contribution < -0.4 is 10.2 Å². The largest absolute Gasteiger partial charge is 0.392 e. The number of carbonyl (C=O) groups is 2. The molecule has 2 N–H and O–H groups in total. The molecule has 1 aliphatic rings. The number of rotatable bonds is 7. The molecule has 0 aromatic carbocycles. The number of aryl methyl sites for hydroxylation is 2. The number of nitrogens with zero attached hydrogens (tertiary/aromatic N) is 4. The summed E-state index contributed by atoms with van der Waals surface area (Å²) < 4.78 is 5.06. The molecule has 2 amide bonds. The first-order chi connectivity index (χ1) is 14.6. The number of fused-ring (bicyclic) bond motifs is 1. The van der Waals surface area contributed by atoms with E-state index in [0.717, 1.165) is 24.0 Å². The minimum Gasteiger partial charge on any atom is -0.392 e. The highest BCUT2D eigenvalue weighted by molar-refractivity contribution is 6.01. The van der Waals surface area contributed by atoms with Gasteiger partial charge in [0.25, 0.3) is 0 Å². The van der Waals surface area contributed by atoms with E-state index in [9.17, 15) is 20.0 Å². The second-order valence-electron chi connectivity index (χ2n) is 6.91. The predicted molar refractivity (Wildman–Crippen MR) is 109 cm³/mol. The normalized spacial score (nSPS) is 12.8. The average Bonchev–Trinajstić information content (AvgIpc) is 2.78. The van der Waals surface area contributed by atoms with Crippen molar-refractivity contribution in [3.05, 3.63) is 46.3 Å². The molecule has 9 nitrogen and oxygen atoms in total. The van der Waals surface area contributed by atoms with Crippen LogP contribution in [0.3, 0.4) is 0 Å². The Kier molecular flexibility index (Phi) is 7.06. The third-order valence-electron chi connectivity index (χ3n) is 4.94. The fourth-order valence-electron chi connectivity index (χ4n) is 3.44. The van der Waals surface area contributed by atoms with Gasteiger partial charge in [-0.15, -0.1) is 0 Å². The molecule has 0 radical (unpaired) electrons. The van der Waals surface area contributed by atoms with E-state index in [1.807, 2.05) is 0 Å². The number of ether oxygens (including phenoxy) is 1. The molecule has 156 valence electrons. The molecule has 0 fully saturated rings. The van der Waals surface area contributed by atoms with Gasteiger partial charge in [-0.3, -0.25) is 15.0 Å². The Balaban J connectivity index is 1.83. The molecule has 0 saturated heterocycles. The molecule has 3 rings (SSSR count). The van der Waals surface area contributed by atoms with Crippen molar-refractivity contribution in [2.75, 3.05) is 30.5 Å². The number of nitriles is 1. The molecule has 2 aromatic heterocycles. The van der Waals surface area contributed by atoms with Gasteiger partial charge in [0.2, 0.25) is 0 Å². The lowest BCUT2D eigenvalue weighted by atomic mass is 10.0. The summed E-state index contributed by atoms with van der Waals surface area (Å²) in [5.41, 5.74) is 2.61. The van der Waals surface area contributed by atoms with E-state index in [2.05, 4.69) is 21.4 Å². The number of aliphatic hydroxyl groups excluding tert-OH is 1. The van der Waals surface area contributed by atoms with Crippen LogP contribution in [-0.4, -0.2) is 47.7 Å². The SMILES string of the molecule is COCCCc1cc(NC(=O)N2CCCc3cc(CO)c(C=O)nc32)ncc1C#N. The summed E-state index contributed by atoms with van der Waals surface area (Å²) in [6.45, 7) is 0.723. The van der Waals surface area contributed by atoms with E-state index >= 15 is 0 Å². The fourth-order valence-corrected chi connectivity index (χ4v) is 3.44. The number of urea groups is 1. The first-order valence-corrected chi connectivity index (χ1v) is 9.66. The summed E-state index contributed by atoms with van der Waals surface area (Å²) in [4.78, 5) is 34.2. The Morgan fingerprint density at radius 2 is 2.27 bits per heavy atom. The van der Waals surface area contributed by atoms with Crippen molar-refractivity contribution in [2.45, 2.75) is 32.3 Å². The van der Waals surface area contributed by atoms with Crippen molar-refractivity contribution in [3.63, 3.8) is 0 Å². The number of aromatic nitrogens is 2. The quantitative estimate of drug-likeness (QED) is 0.530. The van der Waals surface area contributed by atoms with Crippen LogP contribution in [-0.2, 0) is 24.2 Å². The highest BCUT2D eigenvalue weighted by atomic mass is 16.5. The minimum absolute atomic E-state index is 0.118. The van der Waals surface area contributed by atoms with Crippen molar-refractivity contribution in [1.82, 2.24) is 9.97 Å². The van der Waals surface area contributed by atoms with E-state index < -0.39 is 6.03 Å². The number of aldehydes is 1. The number of amides is 2. The van der Waals surface area contributed by atoms with E-state index in [0.29, 0.717) is 55.0 Å². The van der Waals surface area contributed by atoms with Gasteiger partial charge in [-0.1, -0.05) is 0 Å². The zero-order valence-electron chi connectivity index (χ0n) is 16.7. The van der Waals surface area contributed by atoms with E-state index in [1.165, 1.54) is 11.1 Å². The van der Waals surface area contributed by atoms with Crippen molar-refractivity contribution in [1.29, 1.82) is 5.26 Å². The highest BCUT2D eigenvalue weighted by Gasteiger charge is 2.26. The fraction of sp³-hybridized carbons (Fsp3) is 0.381. The third kappa shape index (κ3) is 4.62. The summed E-state index contributed by atoms with van der Waals surface area (Å²) in [6.07, 6.45) is 4.83. The van der Waals surface area contributed by atoms with Gasteiger partial charge < -0.3 is 9.84 Å². The lowest BCUT2D eigenvalue weighted by molar-refractivity contribution is 0.111. The van der Waals surface area contributed by atoms with Crippen LogP contribution >= 0.6 is 0 Å². The number of hydrogen-bond acceptors (Lipinski definition) is 7. The van der Waals surface area contributed by atoms with Crippen LogP contribution in [0.1, 0.15) is 45.6 Å². The van der Waals surface area contributed by atoms with Gasteiger partial charge in [0, 0.05) is 32.0 Å². The minimum atomic E-state index is -0.419. The van der Waals surface area contributed by atoms with Gasteiger partial charge in [-0.25, -0.2) is 14.8 Å². The highest BCUT2D eigenvalue weighted by Crippen LogP contribution is 2.28. The number of hydrogen-bond donors (Lipinski definition) is 2. The molecule has 0 atom stereocenters. The first-order valence-electron chi connectivity index (χ1n) is 9.66. The molecule has 0 saturated carbocycles. The molecule has 0 bridgehead atoms. The number of carbonyl (C=O) groups excluding carboxylic acids is 2. The molecule has 0 spiro atoms. The molecule has 9 heteroatoms. The zero-order chi connectivity index (χ0) is 21.5. The Labute approximate surface area is 174 Å². The van der Waals surface area contributed by atoms with Crippen LogP contribution in [0.15, 0.2) is 18.3 Å². The lowest BCUT2D eigenvalue weighted by Gasteiger charge is -2.29. The summed E-state index contributed by atoms with van der Waals surface area (Å²) in [7, 11) is 1.62. The van der Waals surface area contributed by atoms with Gasteiger partial charge in [0.1, 0.15) is 23.4 Å². The molecule has 0 unspecified atom stereocenters. The van der Waals surface area contributed by atoms with E-state index in [4.69, 9.17) is 4.74 Å². The third-order valence-corrected chi connectivity index (χ3v) is 4.94. The van der Waals surface area contributed by atoms with Gasteiger partial charge >= 0.3 is 6.03 Å². The Morgan fingerprint density at radius 3 is 2.97 bits per heavy atom. The first kappa shape index (κ1) is 21.4. The molecule has 1 aliphatic heterocycles. The molecule has 2 aromatic rings. The maximum Gasteiger partial charge on any atom is 0.328 e. The van der Waals surface area contributed by atoms with E-state index in [1.54, 1.807) is 19.2 Å². The summed E-state index contributed by atoms with van der Waals surface area (Å²) in [5.74, 6) is 0.744. The van der Waals surface area contributed by atoms with Crippen LogP contribution in [0.5, 0.6) is 0 Å². The number of nitrogens with one attached hydrogen (secondary N) is 1. The second kappa shape index (κ2) is 9.91. The van der Waals surface area contributed by atoms with Crippen molar-refractivity contribution in [2.24, 2.45) is 0 Å². The van der Waals surface area contributed by atoms with Crippen LogP contribution in [0.25, 0.3) is 0 Å². The van der Waals surface area contributed by atoms with Crippen molar-refractivity contribution in [3.8, 4) is 6.07 Å². The number of aliphatic hydroxyl groups is 1. The number of anilines is 2. The summed E-state index contributed by atoms with van der Waals surface area (Å²) in [6, 6.07) is 5.11. The van der Waals surface area contributed by atoms with Crippen molar-refractivity contribution >= 4 is 24.0 Å². The Hall–Kier alpha value is -3.35. The smallest absolute Gasteiger partial charge is 0.328 e. The number of methoxy groups -OCH3 is 1. The molecular weight excluding hydrogens is 386 g/mol. The maximum atomic E-state index is 12.9. The van der Waals surface area contributed by atoms with E-state index in [-0.39, 0.29) is 12.3 Å². The maximum absolute atomic E-state index is 12.9. The van der Waals surface area contributed by atoms with Crippen LogP contribution in [0.4, 0.5) is 16.4 Å². The van der Waals surface area contributed by atoms with Crippen molar-refractivity contribution < 1.29 is 19.4 Å². The monoisotopic (exact) mass is 409 g/mol. The summed E-state index contributed by atoms with van der Waals surface area (Å²) in [5, 5.41) is 21.5. The zero-order valence-corrected chi connectivity index (χ0v) is 16.7. The summed E-state index contributed by atoms with van der Waals surface area (Å²) >= 11 is 0. The topological polar surface area (TPSA) is 128 Å². The Morgan fingerprint density at radius 1 is 1.43 bits per heavy atom. The second-order valence-corrected chi connectivity index (χ2v) is 6.91. The van der Waals surface area contributed by atoms with Crippen LogP contribution in [0, 0.1) is 11.3 Å².